The van der Waals surface area contributed by atoms with E-state index in [1.165, 1.54) is 18.2 Å². The van der Waals surface area contributed by atoms with Gasteiger partial charge in [-0.25, -0.2) is 0 Å². The van der Waals surface area contributed by atoms with Crippen LogP contribution in [0.15, 0.2) is 42.5 Å². The molecule has 0 aromatic heterocycles. The van der Waals surface area contributed by atoms with Gasteiger partial charge in [-0.05, 0) is 43.7 Å². The fourth-order valence-electron chi connectivity index (χ4n) is 2.43. The van der Waals surface area contributed by atoms with Crippen LogP contribution < -0.4 is 20.1 Å². The molecular weight excluding hydrogens is 370 g/mol. The van der Waals surface area contributed by atoms with Crippen LogP contribution >= 0.6 is 0 Å². The van der Waals surface area contributed by atoms with Gasteiger partial charge < -0.3 is 20.1 Å². The third-order valence-corrected chi connectivity index (χ3v) is 3.68. The highest BCUT2D eigenvalue weighted by Gasteiger charge is 2.17. The molecule has 0 unspecified atom stereocenters. The number of halogens is 2. The Kier molecular flexibility index (Phi) is 7.74. The molecule has 0 spiro atoms. The zero-order chi connectivity index (χ0) is 20.5. The summed E-state index contributed by atoms with van der Waals surface area (Å²) in [6, 6.07) is 10.5. The van der Waals surface area contributed by atoms with Crippen LogP contribution in [0.4, 0.5) is 14.5 Å². The number of amides is 2. The molecule has 28 heavy (non-hydrogen) atoms. The van der Waals surface area contributed by atoms with Gasteiger partial charge in [-0.1, -0.05) is 19.1 Å². The third-order valence-electron chi connectivity index (χ3n) is 3.68. The first-order valence-corrected chi connectivity index (χ1v) is 8.86. The molecule has 0 aliphatic heterocycles. The molecule has 2 rings (SSSR count). The molecule has 0 saturated carbocycles. The lowest BCUT2D eigenvalue weighted by Crippen LogP contribution is -2.25. The summed E-state index contributed by atoms with van der Waals surface area (Å²) >= 11 is 0. The van der Waals surface area contributed by atoms with Gasteiger partial charge in [0.2, 0.25) is 0 Å². The second-order valence-corrected chi connectivity index (χ2v) is 5.73. The summed E-state index contributed by atoms with van der Waals surface area (Å²) < 4.78 is 34.7. The van der Waals surface area contributed by atoms with Crippen molar-refractivity contribution in [1.29, 1.82) is 0 Å². The van der Waals surface area contributed by atoms with Crippen molar-refractivity contribution in [3.63, 3.8) is 0 Å². The van der Waals surface area contributed by atoms with E-state index in [-0.39, 0.29) is 29.6 Å². The van der Waals surface area contributed by atoms with Crippen molar-refractivity contribution in [2.75, 3.05) is 18.5 Å². The van der Waals surface area contributed by atoms with Crippen LogP contribution in [0.3, 0.4) is 0 Å². The molecule has 2 aromatic carbocycles. The Morgan fingerprint density at radius 2 is 1.79 bits per heavy atom. The maximum absolute atomic E-state index is 12.6. The van der Waals surface area contributed by atoms with Gasteiger partial charge in [0.15, 0.2) is 11.5 Å². The largest absolute Gasteiger partial charge is 0.490 e. The van der Waals surface area contributed by atoms with Crippen molar-refractivity contribution in [3.05, 3.63) is 53.6 Å². The smallest absolute Gasteiger partial charge is 0.387 e. The van der Waals surface area contributed by atoms with E-state index in [2.05, 4.69) is 15.4 Å². The highest BCUT2D eigenvalue weighted by Crippen LogP contribution is 2.30. The Morgan fingerprint density at radius 1 is 1.04 bits per heavy atom. The molecule has 0 saturated heterocycles. The van der Waals surface area contributed by atoms with Crippen molar-refractivity contribution in [2.45, 2.75) is 26.9 Å². The number of nitrogens with one attached hydrogen (secondary N) is 2. The van der Waals surface area contributed by atoms with Crippen LogP contribution in [0.1, 0.15) is 41.0 Å². The lowest BCUT2D eigenvalue weighted by molar-refractivity contribution is -0.0514. The van der Waals surface area contributed by atoms with E-state index in [0.717, 1.165) is 6.42 Å². The number of anilines is 1. The van der Waals surface area contributed by atoms with Crippen LogP contribution in [-0.4, -0.2) is 31.6 Å². The maximum atomic E-state index is 12.6. The Balaban J connectivity index is 2.23. The summed E-state index contributed by atoms with van der Waals surface area (Å²) in [7, 11) is 0. The summed E-state index contributed by atoms with van der Waals surface area (Å²) in [5, 5.41) is 5.43. The monoisotopic (exact) mass is 392 g/mol. The van der Waals surface area contributed by atoms with Crippen LogP contribution in [0, 0.1) is 0 Å². The van der Waals surface area contributed by atoms with E-state index < -0.39 is 12.5 Å². The van der Waals surface area contributed by atoms with Crippen molar-refractivity contribution < 1.29 is 27.8 Å². The van der Waals surface area contributed by atoms with Gasteiger partial charge in [0, 0.05) is 12.1 Å². The molecule has 2 aromatic rings. The molecular formula is C20H22F2N2O4. The fourth-order valence-corrected chi connectivity index (χ4v) is 2.43. The van der Waals surface area contributed by atoms with Gasteiger partial charge in [-0.2, -0.15) is 8.78 Å². The topological polar surface area (TPSA) is 76.7 Å². The summed E-state index contributed by atoms with van der Waals surface area (Å²) in [5.74, 6) is -0.939. The zero-order valence-electron chi connectivity index (χ0n) is 15.6. The molecule has 0 bridgehead atoms. The standard InChI is InChI=1S/C20H22F2N2O4/c1-3-11-23-19(26)14-7-5-6-8-15(14)24-18(25)13-9-10-16(28-20(21)22)17(12-13)27-4-2/h5-10,12,20H,3-4,11H2,1-2H3,(H,23,26)(H,24,25). The predicted octanol–water partition coefficient (Wildman–Crippen LogP) is 4.08. The maximum Gasteiger partial charge on any atom is 0.387 e. The lowest BCUT2D eigenvalue weighted by Gasteiger charge is -2.14. The number of rotatable bonds is 9. The van der Waals surface area contributed by atoms with Gasteiger partial charge >= 0.3 is 6.61 Å². The van der Waals surface area contributed by atoms with E-state index >= 15 is 0 Å². The van der Waals surface area contributed by atoms with Gasteiger partial charge in [0.05, 0.1) is 17.9 Å². The highest BCUT2D eigenvalue weighted by molar-refractivity contribution is 6.09. The molecule has 2 amide bonds. The molecule has 0 heterocycles. The van der Waals surface area contributed by atoms with E-state index in [1.54, 1.807) is 31.2 Å². The molecule has 0 atom stereocenters. The zero-order valence-corrected chi connectivity index (χ0v) is 15.6. The number of carbonyl (C=O) groups excluding carboxylic acids is 2. The number of carbonyl (C=O) groups is 2. The third kappa shape index (κ3) is 5.67. The van der Waals surface area contributed by atoms with E-state index in [0.29, 0.717) is 17.8 Å². The predicted molar refractivity (Wildman–Crippen MR) is 101 cm³/mol. The van der Waals surface area contributed by atoms with Gasteiger partial charge in [0.1, 0.15) is 0 Å². The average Bonchev–Trinajstić information content (AvgIpc) is 2.67. The minimum absolute atomic E-state index is 0.0319. The first-order valence-electron chi connectivity index (χ1n) is 8.86. The van der Waals surface area contributed by atoms with Gasteiger partial charge in [-0.3, -0.25) is 9.59 Å². The van der Waals surface area contributed by atoms with Gasteiger partial charge in [0.25, 0.3) is 11.8 Å². The van der Waals surface area contributed by atoms with Crippen molar-refractivity contribution >= 4 is 17.5 Å². The SMILES string of the molecule is CCCNC(=O)c1ccccc1NC(=O)c1ccc(OC(F)F)c(OCC)c1. The van der Waals surface area contributed by atoms with Crippen molar-refractivity contribution in [2.24, 2.45) is 0 Å². The summed E-state index contributed by atoms with van der Waals surface area (Å²) in [5.41, 5.74) is 0.841. The molecule has 0 aliphatic rings. The lowest BCUT2D eigenvalue weighted by atomic mass is 10.1. The first kappa shape index (κ1) is 21.1. The molecule has 150 valence electrons. The quantitative estimate of drug-likeness (QED) is 0.674. The number of alkyl halides is 2. The Hall–Kier alpha value is -3.16. The second-order valence-electron chi connectivity index (χ2n) is 5.73. The normalized spacial score (nSPS) is 10.5. The number of ether oxygens (including phenoxy) is 2. The summed E-state index contributed by atoms with van der Waals surface area (Å²) in [6.07, 6.45) is 0.785. The number of para-hydroxylation sites is 1. The highest BCUT2D eigenvalue weighted by atomic mass is 19.3. The molecule has 0 aliphatic carbocycles. The molecule has 0 radical (unpaired) electrons. The van der Waals surface area contributed by atoms with Crippen LogP contribution in [0.2, 0.25) is 0 Å². The number of hydrogen-bond donors (Lipinski definition) is 2. The van der Waals surface area contributed by atoms with E-state index in [9.17, 15) is 18.4 Å². The Bertz CT molecular complexity index is 828. The van der Waals surface area contributed by atoms with Crippen LogP contribution in [-0.2, 0) is 0 Å². The minimum Gasteiger partial charge on any atom is -0.490 e. The van der Waals surface area contributed by atoms with Gasteiger partial charge in [-0.15, -0.1) is 0 Å². The van der Waals surface area contributed by atoms with Crippen LogP contribution in [0.25, 0.3) is 0 Å². The van der Waals surface area contributed by atoms with E-state index in [4.69, 9.17) is 4.74 Å². The Morgan fingerprint density at radius 3 is 2.46 bits per heavy atom. The molecule has 8 heteroatoms. The Labute approximate surface area is 161 Å². The number of benzene rings is 2. The molecule has 6 nitrogen and oxygen atoms in total. The van der Waals surface area contributed by atoms with E-state index in [1.807, 2.05) is 6.92 Å². The number of hydrogen-bond acceptors (Lipinski definition) is 4. The molecule has 2 N–H and O–H groups in total. The minimum atomic E-state index is -3.01. The first-order chi connectivity index (χ1) is 13.5. The van der Waals surface area contributed by atoms with Crippen molar-refractivity contribution in [1.82, 2.24) is 5.32 Å². The van der Waals surface area contributed by atoms with Crippen LogP contribution in [0.5, 0.6) is 11.5 Å². The average molecular weight is 392 g/mol. The second kappa shape index (κ2) is 10.2. The summed E-state index contributed by atoms with van der Waals surface area (Å²) in [4.78, 5) is 24.9. The summed E-state index contributed by atoms with van der Waals surface area (Å²) in [6.45, 7) is 1.35. The fraction of sp³-hybridized carbons (Fsp3) is 0.300. The molecule has 0 fully saturated rings. The van der Waals surface area contributed by atoms with Crippen molar-refractivity contribution in [3.8, 4) is 11.5 Å².